The van der Waals surface area contributed by atoms with Crippen molar-refractivity contribution in [3.63, 3.8) is 0 Å². The van der Waals surface area contributed by atoms with Gasteiger partial charge >= 0.3 is 12.1 Å². The predicted molar refractivity (Wildman–Crippen MR) is 51.0 cm³/mol. The molecule has 1 fully saturated rings. The zero-order chi connectivity index (χ0) is 10.8. The maximum absolute atomic E-state index is 11.2. The first-order valence-corrected chi connectivity index (χ1v) is 4.67. The molecule has 0 aromatic carbocycles. The summed E-state index contributed by atoms with van der Waals surface area (Å²) in [6, 6.07) is -0.370. The summed E-state index contributed by atoms with van der Waals surface area (Å²) in [5, 5.41) is 2.16. The van der Waals surface area contributed by atoms with Crippen LogP contribution in [0.15, 0.2) is 0 Å². The van der Waals surface area contributed by atoms with E-state index in [0.717, 1.165) is 6.42 Å². The number of rotatable bonds is 0. The summed E-state index contributed by atoms with van der Waals surface area (Å²) in [7, 11) is 0. The van der Waals surface area contributed by atoms with Gasteiger partial charge < -0.3 is 9.64 Å². The summed E-state index contributed by atoms with van der Waals surface area (Å²) < 4.78 is 4.93. The van der Waals surface area contributed by atoms with Gasteiger partial charge in [0.1, 0.15) is 5.60 Å². The van der Waals surface area contributed by atoms with Crippen LogP contribution in [0.1, 0.15) is 27.2 Å². The third-order valence-electron chi connectivity index (χ3n) is 1.75. The van der Waals surface area contributed by atoms with Crippen LogP contribution in [0.4, 0.5) is 9.59 Å². The average molecular weight is 200 g/mol. The maximum atomic E-state index is 11.2. The van der Waals surface area contributed by atoms with Crippen LogP contribution in [-0.4, -0.2) is 35.7 Å². The Bertz CT molecular complexity index is 241. The highest BCUT2D eigenvalue weighted by Crippen LogP contribution is 2.08. The molecule has 1 N–H and O–H groups in total. The number of urea groups is 1. The van der Waals surface area contributed by atoms with Gasteiger partial charge in [0.15, 0.2) is 0 Å². The lowest BCUT2D eigenvalue weighted by molar-refractivity contribution is 0.0526. The Morgan fingerprint density at radius 3 is 2.21 bits per heavy atom. The summed E-state index contributed by atoms with van der Waals surface area (Å²) in [6.07, 6.45) is 0.316. The quantitative estimate of drug-likeness (QED) is 0.641. The van der Waals surface area contributed by atoms with E-state index in [4.69, 9.17) is 4.74 Å². The van der Waals surface area contributed by atoms with Crippen LogP contribution in [0.2, 0.25) is 0 Å². The van der Waals surface area contributed by atoms with E-state index < -0.39 is 11.7 Å². The smallest absolute Gasteiger partial charge is 0.415 e. The zero-order valence-corrected chi connectivity index (χ0v) is 8.79. The van der Waals surface area contributed by atoms with Crippen LogP contribution in [0.25, 0.3) is 0 Å². The molecule has 0 unspecified atom stereocenters. The molecule has 1 saturated heterocycles. The van der Waals surface area contributed by atoms with Gasteiger partial charge in [0.25, 0.3) is 0 Å². The van der Waals surface area contributed by atoms with Gasteiger partial charge in [-0.15, -0.1) is 0 Å². The molecule has 0 spiro atoms. The van der Waals surface area contributed by atoms with E-state index in [1.165, 1.54) is 0 Å². The van der Waals surface area contributed by atoms with E-state index >= 15 is 0 Å². The number of hydrogen-bond acceptors (Lipinski definition) is 3. The predicted octanol–water partition coefficient (Wildman–Crippen LogP) is 1.34. The SMILES string of the molecule is CC(C)(C)OC(=O)NC(=O)N1CCC1. The minimum atomic E-state index is -0.686. The molecule has 80 valence electrons. The van der Waals surface area contributed by atoms with E-state index in [2.05, 4.69) is 5.32 Å². The molecule has 0 bridgehead atoms. The fourth-order valence-corrected chi connectivity index (χ4v) is 0.989. The number of nitrogens with one attached hydrogen (secondary N) is 1. The van der Waals surface area contributed by atoms with E-state index in [1.807, 2.05) is 0 Å². The number of likely N-dealkylation sites (tertiary alicyclic amines) is 1. The molecule has 1 rings (SSSR count). The minimum Gasteiger partial charge on any atom is -0.443 e. The van der Waals surface area contributed by atoms with Crippen LogP contribution in [0.3, 0.4) is 0 Å². The number of alkyl carbamates (subject to hydrolysis) is 1. The molecule has 1 heterocycles. The van der Waals surface area contributed by atoms with Crippen molar-refractivity contribution in [1.82, 2.24) is 10.2 Å². The normalized spacial score (nSPS) is 15.8. The molecule has 1 aliphatic heterocycles. The van der Waals surface area contributed by atoms with Gasteiger partial charge in [-0.1, -0.05) is 0 Å². The van der Waals surface area contributed by atoms with E-state index in [1.54, 1.807) is 25.7 Å². The molecule has 14 heavy (non-hydrogen) atoms. The molecular weight excluding hydrogens is 184 g/mol. The summed E-state index contributed by atoms with van der Waals surface area (Å²) >= 11 is 0. The van der Waals surface area contributed by atoms with E-state index in [0.29, 0.717) is 13.1 Å². The molecule has 5 heteroatoms. The van der Waals surface area contributed by atoms with Crippen molar-refractivity contribution in [3.05, 3.63) is 0 Å². The second-order valence-electron chi connectivity index (χ2n) is 4.27. The monoisotopic (exact) mass is 200 g/mol. The first-order valence-electron chi connectivity index (χ1n) is 4.67. The second kappa shape index (κ2) is 3.86. The number of carbonyl (C=O) groups excluding carboxylic acids is 2. The van der Waals surface area contributed by atoms with Gasteiger partial charge in [-0.25, -0.2) is 14.9 Å². The second-order valence-corrected chi connectivity index (χ2v) is 4.27. The summed E-state index contributed by atoms with van der Waals surface area (Å²) in [6.45, 7) is 6.69. The van der Waals surface area contributed by atoms with Gasteiger partial charge in [0.05, 0.1) is 0 Å². The molecule has 0 aromatic rings. The van der Waals surface area contributed by atoms with Gasteiger partial charge in [0, 0.05) is 13.1 Å². The highest BCUT2D eigenvalue weighted by Gasteiger charge is 2.24. The van der Waals surface area contributed by atoms with Gasteiger partial charge in [-0.2, -0.15) is 0 Å². The van der Waals surface area contributed by atoms with Crippen molar-refractivity contribution in [2.24, 2.45) is 0 Å². The standard InChI is InChI=1S/C9H16N2O3/c1-9(2,3)14-8(13)10-7(12)11-5-4-6-11/h4-6H2,1-3H3,(H,10,12,13). The van der Waals surface area contributed by atoms with Crippen LogP contribution < -0.4 is 5.32 Å². The lowest BCUT2D eigenvalue weighted by atomic mass is 10.2. The Labute approximate surface area is 83.4 Å². The average Bonchev–Trinajstić information content (AvgIpc) is 1.75. The molecule has 0 aromatic heterocycles. The fraction of sp³-hybridized carbons (Fsp3) is 0.778. The topological polar surface area (TPSA) is 58.6 Å². The van der Waals surface area contributed by atoms with Gasteiger partial charge in [0.2, 0.25) is 0 Å². The molecule has 0 atom stereocenters. The Morgan fingerprint density at radius 2 is 1.86 bits per heavy atom. The molecule has 0 radical (unpaired) electrons. The number of hydrogen-bond donors (Lipinski definition) is 1. The lowest BCUT2D eigenvalue weighted by Gasteiger charge is -2.30. The van der Waals surface area contributed by atoms with E-state index in [9.17, 15) is 9.59 Å². The fourth-order valence-electron chi connectivity index (χ4n) is 0.989. The molecule has 5 nitrogen and oxygen atoms in total. The summed E-state index contributed by atoms with van der Waals surface area (Å²) in [4.78, 5) is 23.9. The Kier molecular flexibility index (Phi) is 2.98. The highest BCUT2D eigenvalue weighted by atomic mass is 16.6. The first kappa shape index (κ1) is 10.8. The Hall–Kier alpha value is -1.26. The Morgan fingerprint density at radius 1 is 1.29 bits per heavy atom. The van der Waals surface area contributed by atoms with Crippen molar-refractivity contribution < 1.29 is 14.3 Å². The van der Waals surface area contributed by atoms with Crippen LogP contribution in [-0.2, 0) is 4.74 Å². The summed E-state index contributed by atoms with van der Waals surface area (Å²) in [5.41, 5.74) is -0.570. The summed E-state index contributed by atoms with van der Waals surface area (Å²) in [5.74, 6) is 0. The van der Waals surface area contributed by atoms with Crippen molar-refractivity contribution in [2.45, 2.75) is 32.8 Å². The third kappa shape index (κ3) is 3.24. The largest absolute Gasteiger partial charge is 0.443 e. The van der Waals surface area contributed by atoms with Gasteiger partial charge in [-0.3, -0.25) is 0 Å². The molecule has 0 saturated carbocycles. The van der Waals surface area contributed by atoms with E-state index in [-0.39, 0.29) is 6.03 Å². The minimum absolute atomic E-state index is 0.370. The van der Waals surface area contributed by atoms with Crippen molar-refractivity contribution in [2.75, 3.05) is 13.1 Å². The van der Waals surface area contributed by atoms with Crippen molar-refractivity contribution in [1.29, 1.82) is 0 Å². The molecule has 1 aliphatic rings. The number of imide groups is 1. The van der Waals surface area contributed by atoms with Crippen LogP contribution in [0.5, 0.6) is 0 Å². The molecule has 0 aliphatic carbocycles. The first-order chi connectivity index (χ1) is 6.38. The zero-order valence-electron chi connectivity index (χ0n) is 8.79. The molecule has 3 amide bonds. The Balaban J connectivity index is 2.29. The van der Waals surface area contributed by atoms with Gasteiger partial charge in [-0.05, 0) is 27.2 Å². The lowest BCUT2D eigenvalue weighted by Crippen LogP contribution is -2.50. The number of amides is 3. The maximum Gasteiger partial charge on any atom is 0.415 e. The van der Waals surface area contributed by atoms with Crippen LogP contribution >= 0.6 is 0 Å². The highest BCUT2D eigenvalue weighted by molar-refractivity contribution is 5.91. The number of ether oxygens (including phenoxy) is 1. The van der Waals surface area contributed by atoms with Crippen molar-refractivity contribution >= 4 is 12.1 Å². The third-order valence-corrected chi connectivity index (χ3v) is 1.75. The number of nitrogens with zero attached hydrogens (tertiary/aromatic N) is 1. The van der Waals surface area contributed by atoms with Crippen LogP contribution in [0, 0.1) is 0 Å². The number of carbonyl (C=O) groups is 2. The molecular formula is C9H16N2O3. The van der Waals surface area contributed by atoms with Crippen molar-refractivity contribution in [3.8, 4) is 0 Å².